The van der Waals surface area contributed by atoms with Gasteiger partial charge in [0.1, 0.15) is 5.69 Å². The summed E-state index contributed by atoms with van der Waals surface area (Å²) < 4.78 is 0. The van der Waals surface area contributed by atoms with Crippen LogP contribution in [0.3, 0.4) is 0 Å². The van der Waals surface area contributed by atoms with Crippen LogP contribution in [0.25, 0.3) is 0 Å². The lowest BCUT2D eigenvalue weighted by atomic mass is 10.00. The van der Waals surface area contributed by atoms with E-state index in [0.717, 1.165) is 0 Å². The van der Waals surface area contributed by atoms with Crippen molar-refractivity contribution in [2.75, 3.05) is 5.73 Å². The molecule has 1 heterocycles. The van der Waals surface area contributed by atoms with Crippen LogP contribution in [0, 0.1) is 22.0 Å². The van der Waals surface area contributed by atoms with Crippen molar-refractivity contribution in [3.63, 3.8) is 0 Å². The first-order valence-electron chi connectivity index (χ1n) is 6.21. The van der Waals surface area contributed by atoms with Crippen molar-refractivity contribution in [3.05, 3.63) is 33.9 Å². The van der Waals surface area contributed by atoms with Gasteiger partial charge in [0, 0.05) is 17.9 Å². The molecule has 1 saturated heterocycles. The number of nitrogen functional groups attached to an aromatic ring is 1. The zero-order valence-electron chi connectivity index (χ0n) is 11.2. The van der Waals surface area contributed by atoms with E-state index in [2.05, 4.69) is 0 Å². The predicted octanol–water partition coefficient (Wildman–Crippen LogP) is 1.32. The molecule has 20 heavy (non-hydrogen) atoms. The normalized spacial score (nSPS) is 22.4. The Morgan fingerprint density at radius 3 is 2.25 bits per heavy atom. The van der Waals surface area contributed by atoms with Gasteiger partial charge in [-0.05, 0) is 11.6 Å². The van der Waals surface area contributed by atoms with Gasteiger partial charge in [-0.1, -0.05) is 19.9 Å². The maximum Gasteiger partial charge on any atom is 0.292 e. The number of nitro groups is 1. The average molecular weight is 277 g/mol. The van der Waals surface area contributed by atoms with Crippen LogP contribution in [0.15, 0.2) is 18.2 Å². The molecule has 0 bridgehead atoms. The van der Waals surface area contributed by atoms with Crippen molar-refractivity contribution in [1.29, 1.82) is 0 Å². The standard InChI is InChI=1S/C13H15N3O4/c1-7-8(2)13(18)15(12(7)17)6-9-3-4-11(16(19)20)10(14)5-9/h3-5,7-8H,6,14H2,1-2H3. The molecule has 1 aromatic carbocycles. The smallest absolute Gasteiger partial charge is 0.292 e. The van der Waals surface area contributed by atoms with E-state index < -0.39 is 4.92 Å². The van der Waals surface area contributed by atoms with Crippen molar-refractivity contribution in [2.45, 2.75) is 20.4 Å². The van der Waals surface area contributed by atoms with Crippen molar-refractivity contribution >= 4 is 23.2 Å². The predicted molar refractivity (Wildman–Crippen MR) is 71.4 cm³/mol. The molecule has 106 valence electrons. The molecule has 7 nitrogen and oxygen atoms in total. The monoisotopic (exact) mass is 277 g/mol. The molecule has 0 saturated carbocycles. The Hall–Kier alpha value is -2.44. The molecule has 2 rings (SSSR count). The highest BCUT2D eigenvalue weighted by atomic mass is 16.6. The summed E-state index contributed by atoms with van der Waals surface area (Å²) in [4.78, 5) is 35.2. The van der Waals surface area contributed by atoms with Crippen LogP contribution in [-0.4, -0.2) is 21.6 Å². The molecule has 2 N–H and O–H groups in total. The Morgan fingerprint density at radius 2 is 1.80 bits per heavy atom. The Morgan fingerprint density at radius 1 is 1.25 bits per heavy atom. The topological polar surface area (TPSA) is 107 Å². The number of likely N-dealkylation sites (tertiary alicyclic amines) is 1. The van der Waals surface area contributed by atoms with E-state index in [1.54, 1.807) is 13.8 Å². The van der Waals surface area contributed by atoms with E-state index in [0.29, 0.717) is 5.56 Å². The Kier molecular flexibility index (Phi) is 3.44. The number of carbonyl (C=O) groups excluding carboxylic acids is 2. The largest absolute Gasteiger partial charge is 0.393 e. The molecule has 7 heteroatoms. The van der Waals surface area contributed by atoms with Gasteiger partial charge in [-0.15, -0.1) is 0 Å². The fraction of sp³-hybridized carbons (Fsp3) is 0.385. The molecular weight excluding hydrogens is 262 g/mol. The second kappa shape index (κ2) is 4.92. The van der Waals surface area contributed by atoms with Crippen molar-refractivity contribution in [2.24, 2.45) is 11.8 Å². The average Bonchev–Trinajstić information content (AvgIpc) is 2.56. The number of nitro benzene ring substituents is 1. The molecule has 2 unspecified atom stereocenters. The second-order valence-electron chi connectivity index (χ2n) is 4.99. The zero-order valence-corrected chi connectivity index (χ0v) is 11.2. The molecule has 2 amide bonds. The highest BCUT2D eigenvalue weighted by molar-refractivity contribution is 6.04. The first kappa shape index (κ1) is 14.0. The maximum absolute atomic E-state index is 12.0. The zero-order chi connectivity index (χ0) is 15.0. The number of nitrogens with two attached hydrogens (primary N) is 1. The van der Waals surface area contributed by atoms with Crippen LogP contribution in [0.1, 0.15) is 19.4 Å². The molecular formula is C13H15N3O4. The molecule has 2 atom stereocenters. The second-order valence-corrected chi connectivity index (χ2v) is 4.99. The summed E-state index contributed by atoms with van der Waals surface area (Å²) in [5, 5.41) is 10.7. The van der Waals surface area contributed by atoms with Gasteiger partial charge in [0.25, 0.3) is 5.69 Å². The summed E-state index contributed by atoms with van der Waals surface area (Å²) in [6.07, 6.45) is 0. The summed E-state index contributed by atoms with van der Waals surface area (Å²) in [6, 6.07) is 4.21. The van der Waals surface area contributed by atoms with Gasteiger partial charge in [-0.25, -0.2) is 0 Å². The van der Waals surface area contributed by atoms with Crippen molar-refractivity contribution in [3.8, 4) is 0 Å². The minimum atomic E-state index is -0.574. The minimum Gasteiger partial charge on any atom is -0.393 e. The third kappa shape index (κ3) is 2.22. The van der Waals surface area contributed by atoms with E-state index in [1.807, 2.05) is 0 Å². The molecule has 0 radical (unpaired) electrons. The van der Waals surface area contributed by atoms with E-state index in [-0.39, 0.29) is 41.6 Å². The van der Waals surface area contributed by atoms with Crippen LogP contribution < -0.4 is 5.73 Å². The number of hydrogen-bond acceptors (Lipinski definition) is 5. The number of hydrogen-bond donors (Lipinski definition) is 1. The molecule has 1 aliphatic heterocycles. The summed E-state index contributed by atoms with van der Waals surface area (Å²) in [5.41, 5.74) is 6.02. The summed E-state index contributed by atoms with van der Waals surface area (Å²) >= 11 is 0. The first-order valence-corrected chi connectivity index (χ1v) is 6.21. The molecule has 1 aliphatic rings. The van der Waals surface area contributed by atoms with Gasteiger partial charge < -0.3 is 5.73 Å². The van der Waals surface area contributed by atoms with Crippen LogP contribution in [0.2, 0.25) is 0 Å². The highest BCUT2D eigenvalue weighted by Crippen LogP contribution is 2.28. The van der Waals surface area contributed by atoms with E-state index in [4.69, 9.17) is 5.73 Å². The Balaban J connectivity index is 2.23. The highest BCUT2D eigenvalue weighted by Gasteiger charge is 2.42. The maximum atomic E-state index is 12.0. The van der Waals surface area contributed by atoms with E-state index >= 15 is 0 Å². The molecule has 0 aliphatic carbocycles. The van der Waals surface area contributed by atoms with Crippen molar-refractivity contribution in [1.82, 2.24) is 4.90 Å². The number of nitrogens with zero attached hydrogens (tertiary/aromatic N) is 2. The van der Waals surface area contributed by atoms with Crippen LogP contribution >= 0.6 is 0 Å². The quantitative estimate of drug-likeness (QED) is 0.388. The van der Waals surface area contributed by atoms with Gasteiger partial charge in [-0.2, -0.15) is 0 Å². The molecule has 1 aromatic rings. The van der Waals surface area contributed by atoms with Gasteiger partial charge in [0.05, 0.1) is 11.5 Å². The summed E-state index contributed by atoms with van der Waals surface area (Å²) in [7, 11) is 0. The first-order chi connectivity index (χ1) is 9.32. The summed E-state index contributed by atoms with van der Waals surface area (Å²) in [6.45, 7) is 3.53. The van der Waals surface area contributed by atoms with Gasteiger partial charge >= 0.3 is 0 Å². The number of carbonyl (C=O) groups is 2. The molecule has 1 fully saturated rings. The fourth-order valence-electron chi connectivity index (χ4n) is 2.23. The van der Waals surface area contributed by atoms with Crippen molar-refractivity contribution < 1.29 is 14.5 Å². The number of amides is 2. The molecule has 0 spiro atoms. The number of imide groups is 1. The van der Waals surface area contributed by atoms with Gasteiger partial charge in [0.2, 0.25) is 11.8 Å². The Labute approximate surface area is 115 Å². The third-order valence-electron chi connectivity index (χ3n) is 3.69. The SMILES string of the molecule is CC1C(=O)N(Cc2ccc([N+](=O)[O-])c(N)c2)C(=O)C1C. The number of benzene rings is 1. The van der Waals surface area contributed by atoms with Gasteiger partial charge in [0.15, 0.2) is 0 Å². The number of anilines is 1. The Bertz CT molecular complexity index is 579. The minimum absolute atomic E-state index is 0.0210. The molecule has 0 aromatic heterocycles. The third-order valence-corrected chi connectivity index (χ3v) is 3.69. The van der Waals surface area contributed by atoms with Crippen LogP contribution in [-0.2, 0) is 16.1 Å². The van der Waals surface area contributed by atoms with E-state index in [9.17, 15) is 19.7 Å². The van der Waals surface area contributed by atoms with Crippen LogP contribution in [0.4, 0.5) is 11.4 Å². The fourth-order valence-corrected chi connectivity index (χ4v) is 2.23. The van der Waals surface area contributed by atoms with Gasteiger partial charge in [-0.3, -0.25) is 24.6 Å². The number of rotatable bonds is 3. The van der Waals surface area contributed by atoms with E-state index in [1.165, 1.54) is 23.1 Å². The lowest BCUT2D eigenvalue weighted by Crippen LogP contribution is -2.30. The summed E-state index contributed by atoms with van der Waals surface area (Å²) in [5.74, 6) is -1.12. The lowest BCUT2D eigenvalue weighted by Gasteiger charge is -2.14. The lowest BCUT2D eigenvalue weighted by molar-refractivity contribution is -0.383. The van der Waals surface area contributed by atoms with Crippen LogP contribution in [0.5, 0.6) is 0 Å².